The lowest BCUT2D eigenvalue weighted by molar-refractivity contribution is 0.0383. The van der Waals surface area contributed by atoms with E-state index in [1.807, 2.05) is 30.3 Å². The fourth-order valence-electron chi connectivity index (χ4n) is 3.89. The van der Waals surface area contributed by atoms with Crippen LogP contribution in [0.2, 0.25) is 0 Å². The third-order valence-electron chi connectivity index (χ3n) is 5.94. The van der Waals surface area contributed by atoms with E-state index in [4.69, 9.17) is 9.47 Å². The molecule has 0 amide bonds. The Morgan fingerprint density at radius 2 is 1.71 bits per heavy atom. The van der Waals surface area contributed by atoms with E-state index < -0.39 is 0 Å². The van der Waals surface area contributed by atoms with Crippen molar-refractivity contribution in [3.63, 3.8) is 0 Å². The summed E-state index contributed by atoms with van der Waals surface area (Å²) in [5.74, 6) is 2.49. The number of pyridine rings is 2. The van der Waals surface area contributed by atoms with Crippen molar-refractivity contribution in [1.29, 1.82) is 0 Å². The molecule has 0 aliphatic heterocycles. The third-order valence-corrected chi connectivity index (χ3v) is 6.37. The van der Waals surface area contributed by atoms with E-state index in [9.17, 15) is 0 Å². The minimum Gasteiger partial charge on any atom is -0.493 e. The van der Waals surface area contributed by atoms with Gasteiger partial charge in [-0.2, -0.15) is 4.98 Å². The van der Waals surface area contributed by atoms with E-state index in [0.29, 0.717) is 23.6 Å². The Kier molecular flexibility index (Phi) is 6.65. The third kappa shape index (κ3) is 5.44. The molecule has 0 spiro atoms. The summed E-state index contributed by atoms with van der Waals surface area (Å²) in [5, 5.41) is 6.49. The zero-order chi connectivity index (χ0) is 24.4. The number of halogens is 1. The number of hydrogen-bond acceptors (Lipinski definition) is 9. The molecule has 0 radical (unpaired) electrons. The highest BCUT2D eigenvalue weighted by Gasteiger charge is 2.32. The van der Waals surface area contributed by atoms with Crippen LogP contribution >= 0.6 is 15.9 Å². The van der Waals surface area contributed by atoms with Crippen molar-refractivity contribution in [3.8, 4) is 11.5 Å². The molecule has 1 saturated carbocycles. The summed E-state index contributed by atoms with van der Waals surface area (Å²) >= 11 is 3.42. The van der Waals surface area contributed by atoms with Crippen LogP contribution in [0.4, 0.5) is 23.1 Å². The molecule has 0 unspecified atom stereocenters. The van der Waals surface area contributed by atoms with Gasteiger partial charge in [-0.1, -0.05) is 0 Å². The largest absolute Gasteiger partial charge is 0.493 e. The molecule has 1 aliphatic rings. The quantitative estimate of drug-likeness (QED) is 0.317. The molecule has 9 nitrogen and oxygen atoms in total. The lowest BCUT2D eigenvalue weighted by atomic mass is 9.88. The maximum atomic E-state index is 6.15. The van der Waals surface area contributed by atoms with Crippen molar-refractivity contribution in [2.45, 2.75) is 25.0 Å². The summed E-state index contributed by atoms with van der Waals surface area (Å²) in [6.45, 7) is 0. The van der Waals surface area contributed by atoms with E-state index in [2.05, 4.69) is 65.5 Å². The van der Waals surface area contributed by atoms with Crippen LogP contribution in [0.25, 0.3) is 11.0 Å². The first-order valence-corrected chi connectivity index (χ1v) is 12.1. The topological polar surface area (TPSA) is 97.3 Å². The Morgan fingerprint density at radius 3 is 2.51 bits per heavy atom. The first kappa shape index (κ1) is 23.3. The van der Waals surface area contributed by atoms with Gasteiger partial charge in [-0.15, -0.1) is 0 Å². The van der Waals surface area contributed by atoms with Crippen molar-refractivity contribution in [2.24, 2.45) is 0 Å². The summed E-state index contributed by atoms with van der Waals surface area (Å²) in [7, 11) is 5.84. The Bertz CT molecular complexity index is 1340. The number of methoxy groups -OCH3 is 1. The summed E-state index contributed by atoms with van der Waals surface area (Å²) in [4.78, 5) is 20.0. The van der Waals surface area contributed by atoms with Crippen LogP contribution in [0.15, 0.2) is 59.5 Å². The second-order valence-corrected chi connectivity index (χ2v) is 9.54. The minimum atomic E-state index is 0.211. The lowest BCUT2D eigenvalue weighted by Gasteiger charge is -2.39. The average Bonchev–Trinajstić information content (AvgIpc) is 2.82. The number of nitrogens with one attached hydrogen (secondary N) is 2. The van der Waals surface area contributed by atoms with Gasteiger partial charge in [0.1, 0.15) is 11.9 Å². The van der Waals surface area contributed by atoms with Gasteiger partial charge in [0.15, 0.2) is 11.5 Å². The maximum absolute atomic E-state index is 6.15. The van der Waals surface area contributed by atoms with Crippen LogP contribution in [-0.2, 0) is 0 Å². The Labute approximate surface area is 212 Å². The van der Waals surface area contributed by atoms with Crippen molar-refractivity contribution in [1.82, 2.24) is 24.8 Å². The van der Waals surface area contributed by atoms with Gasteiger partial charge in [-0.05, 0) is 73.2 Å². The van der Waals surface area contributed by atoms with Crippen molar-refractivity contribution < 1.29 is 9.47 Å². The molecule has 0 atom stereocenters. The number of benzene rings is 1. The highest BCUT2D eigenvalue weighted by molar-refractivity contribution is 9.10. The molecule has 3 aromatic heterocycles. The average molecular weight is 536 g/mol. The van der Waals surface area contributed by atoms with E-state index in [1.54, 1.807) is 31.8 Å². The van der Waals surface area contributed by atoms with Gasteiger partial charge in [0.25, 0.3) is 0 Å². The zero-order valence-corrected chi connectivity index (χ0v) is 21.3. The first-order chi connectivity index (χ1) is 17.0. The van der Waals surface area contributed by atoms with E-state index in [0.717, 1.165) is 45.5 Å². The summed E-state index contributed by atoms with van der Waals surface area (Å²) in [6, 6.07) is 12.0. The van der Waals surface area contributed by atoms with Gasteiger partial charge in [-0.25, -0.2) is 4.98 Å². The molecule has 1 aliphatic carbocycles. The van der Waals surface area contributed by atoms with E-state index in [-0.39, 0.29) is 6.10 Å². The van der Waals surface area contributed by atoms with Gasteiger partial charge in [0.2, 0.25) is 5.95 Å². The van der Waals surface area contributed by atoms with Crippen molar-refractivity contribution >= 4 is 50.1 Å². The predicted octanol–water partition coefficient (Wildman–Crippen LogP) is 5.15. The molecular formula is C25H26BrN7O2. The molecule has 180 valence electrons. The van der Waals surface area contributed by atoms with E-state index >= 15 is 0 Å². The smallest absolute Gasteiger partial charge is 0.229 e. The first-order valence-electron chi connectivity index (χ1n) is 11.3. The molecule has 4 aromatic rings. The highest BCUT2D eigenvalue weighted by atomic mass is 79.9. The van der Waals surface area contributed by atoms with Crippen molar-refractivity contribution in [3.05, 3.63) is 59.5 Å². The fraction of sp³-hybridized carbons (Fsp3) is 0.280. The molecule has 35 heavy (non-hydrogen) atoms. The summed E-state index contributed by atoms with van der Waals surface area (Å²) in [6.07, 6.45) is 7.43. The molecule has 1 fully saturated rings. The molecule has 1 aromatic carbocycles. The normalized spacial score (nSPS) is 17.2. The number of ether oxygens (including phenoxy) is 2. The Balaban J connectivity index is 1.26. The number of anilines is 4. The second kappa shape index (κ2) is 10.0. The van der Waals surface area contributed by atoms with Crippen molar-refractivity contribution in [2.75, 3.05) is 31.8 Å². The summed E-state index contributed by atoms with van der Waals surface area (Å²) < 4.78 is 12.6. The fourth-order valence-corrected chi connectivity index (χ4v) is 4.21. The number of fused-ring (bicyclic) bond motifs is 1. The Hall–Kier alpha value is -3.50. The van der Waals surface area contributed by atoms with Crippen LogP contribution in [0.3, 0.4) is 0 Å². The van der Waals surface area contributed by atoms with Crippen LogP contribution in [-0.4, -0.2) is 58.2 Å². The van der Waals surface area contributed by atoms with Gasteiger partial charge in [0.05, 0.1) is 30.0 Å². The van der Waals surface area contributed by atoms with Crippen LogP contribution < -0.4 is 20.1 Å². The SMILES string of the molecule is COc1cc(Nc2nccc(Nc3cnc4cc(Br)cnc4c3)n2)ccc1OC1CC(N(C)C)C1. The van der Waals surface area contributed by atoms with Crippen LogP contribution in [0.1, 0.15) is 12.8 Å². The molecule has 3 heterocycles. The van der Waals surface area contributed by atoms with Crippen LogP contribution in [0.5, 0.6) is 11.5 Å². The number of aromatic nitrogens is 4. The molecule has 2 N–H and O–H groups in total. The molecule has 0 saturated heterocycles. The minimum absolute atomic E-state index is 0.211. The molecule has 0 bridgehead atoms. The van der Waals surface area contributed by atoms with Gasteiger partial charge in [-0.3, -0.25) is 9.97 Å². The van der Waals surface area contributed by atoms with Gasteiger partial charge < -0.3 is 25.0 Å². The molecule has 10 heteroatoms. The monoisotopic (exact) mass is 535 g/mol. The van der Waals surface area contributed by atoms with Gasteiger partial charge >= 0.3 is 0 Å². The maximum Gasteiger partial charge on any atom is 0.229 e. The predicted molar refractivity (Wildman–Crippen MR) is 140 cm³/mol. The summed E-state index contributed by atoms with van der Waals surface area (Å²) in [5.41, 5.74) is 3.19. The second-order valence-electron chi connectivity index (χ2n) is 8.63. The van der Waals surface area contributed by atoms with E-state index in [1.165, 1.54) is 0 Å². The number of nitrogens with zero attached hydrogens (tertiary/aromatic N) is 5. The molecular weight excluding hydrogens is 510 g/mol. The highest BCUT2D eigenvalue weighted by Crippen LogP contribution is 2.36. The van der Waals surface area contributed by atoms with Gasteiger partial charge in [0, 0.05) is 34.7 Å². The Morgan fingerprint density at radius 1 is 0.914 bits per heavy atom. The number of hydrogen-bond donors (Lipinski definition) is 2. The van der Waals surface area contributed by atoms with Crippen LogP contribution in [0, 0.1) is 0 Å². The zero-order valence-electron chi connectivity index (χ0n) is 19.7. The molecule has 5 rings (SSSR count). The lowest BCUT2D eigenvalue weighted by Crippen LogP contribution is -2.46. The number of rotatable bonds is 8. The standard InChI is InChI=1S/C25H26BrN7O2/c1-33(2)18-11-19(12-18)35-22-5-4-16(10-23(22)34-3)31-25-27-7-6-24(32-25)30-17-9-21-20(29-14-17)8-15(26)13-28-21/h4-10,13-14,18-19H,11-12H2,1-3H3,(H2,27,30,31,32).